The van der Waals surface area contributed by atoms with Gasteiger partial charge in [0, 0.05) is 16.9 Å². The van der Waals surface area contributed by atoms with Gasteiger partial charge in [0.15, 0.2) is 0 Å². The van der Waals surface area contributed by atoms with E-state index in [4.69, 9.17) is 5.73 Å². The number of nitrogens with two attached hydrogens (primary N) is 1. The Hall–Kier alpha value is -2.82. The van der Waals surface area contributed by atoms with E-state index in [1.165, 1.54) is 24.8 Å². The topological polar surface area (TPSA) is 84.2 Å². The summed E-state index contributed by atoms with van der Waals surface area (Å²) in [5.74, 6) is -0.639. The Labute approximate surface area is 155 Å². The lowest BCUT2D eigenvalue weighted by Gasteiger charge is -2.16. The number of carbonyl (C=O) groups is 2. The number of primary amides is 1. The average molecular weight is 353 g/mol. The van der Waals surface area contributed by atoms with Crippen molar-refractivity contribution in [3.05, 3.63) is 59.7 Å². The molecule has 2 rings (SSSR count). The van der Waals surface area contributed by atoms with Crippen molar-refractivity contribution in [3.8, 4) is 0 Å². The summed E-state index contributed by atoms with van der Waals surface area (Å²) in [5.41, 5.74) is 8.47. The smallest absolute Gasteiger partial charge is 0.248 e. The van der Waals surface area contributed by atoms with Crippen molar-refractivity contribution < 1.29 is 9.59 Å². The molecule has 0 heterocycles. The number of nitrogens with one attached hydrogen (secondary N) is 2. The molecular weight excluding hydrogens is 326 g/mol. The molecule has 0 fully saturated rings. The number of unbranched alkanes of at least 4 members (excludes halogenated alkanes) is 2. The number of rotatable bonds is 9. The third kappa shape index (κ3) is 5.92. The highest BCUT2D eigenvalue weighted by Gasteiger charge is 2.13. The highest BCUT2D eigenvalue weighted by molar-refractivity contribution is 5.97. The maximum atomic E-state index is 12.3. The Kier molecular flexibility index (Phi) is 7.21. The quantitative estimate of drug-likeness (QED) is 0.597. The fraction of sp³-hybridized carbons (Fsp3) is 0.333. The normalized spacial score (nSPS) is 11.6. The second-order valence-electron chi connectivity index (χ2n) is 6.45. The Morgan fingerprint density at radius 3 is 2.15 bits per heavy atom. The van der Waals surface area contributed by atoms with Crippen LogP contribution in [0.4, 0.5) is 11.4 Å². The van der Waals surface area contributed by atoms with Gasteiger partial charge < -0.3 is 16.4 Å². The number of amides is 2. The van der Waals surface area contributed by atoms with Gasteiger partial charge in [-0.3, -0.25) is 9.59 Å². The molecule has 5 heteroatoms. The molecule has 4 N–H and O–H groups in total. The molecule has 1 atom stereocenters. The molecule has 0 aliphatic heterocycles. The van der Waals surface area contributed by atoms with E-state index in [1.54, 1.807) is 24.3 Å². The predicted molar refractivity (Wildman–Crippen MR) is 106 cm³/mol. The monoisotopic (exact) mass is 353 g/mol. The predicted octanol–water partition coefficient (Wildman–Crippen LogP) is 3.96. The van der Waals surface area contributed by atoms with Gasteiger partial charge >= 0.3 is 0 Å². The number of hydrogen-bond acceptors (Lipinski definition) is 3. The van der Waals surface area contributed by atoms with E-state index in [0.717, 1.165) is 12.1 Å². The molecule has 0 aliphatic carbocycles. The van der Waals surface area contributed by atoms with Crippen LogP contribution in [0.1, 0.15) is 49.0 Å². The van der Waals surface area contributed by atoms with Crippen molar-refractivity contribution in [1.82, 2.24) is 0 Å². The first-order valence-corrected chi connectivity index (χ1v) is 9.06. The summed E-state index contributed by atoms with van der Waals surface area (Å²) in [4.78, 5) is 23.4. The summed E-state index contributed by atoms with van der Waals surface area (Å²) in [6.07, 6.45) is 4.76. The van der Waals surface area contributed by atoms with E-state index in [2.05, 4.69) is 29.7 Å². The number of carbonyl (C=O) groups excluding carboxylic acids is 2. The van der Waals surface area contributed by atoms with E-state index in [-0.39, 0.29) is 5.91 Å². The Morgan fingerprint density at radius 2 is 1.58 bits per heavy atom. The lowest BCUT2D eigenvalue weighted by molar-refractivity contribution is -0.116. The first kappa shape index (κ1) is 19.5. The highest BCUT2D eigenvalue weighted by Crippen LogP contribution is 2.14. The van der Waals surface area contributed by atoms with Gasteiger partial charge in [0.25, 0.3) is 0 Å². The molecule has 0 radical (unpaired) electrons. The van der Waals surface area contributed by atoms with Gasteiger partial charge in [-0.2, -0.15) is 0 Å². The first-order valence-electron chi connectivity index (χ1n) is 9.06. The van der Waals surface area contributed by atoms with E-state index in [9.17, 15) is 9.59 Å². The van der Waals surface area contributed by atoms with Crippen molar-refractivity contribution >= 4 is 23.2 Å². The lowest BCUT2D eigenvalue weighted by Crippen LogP contribution is -2.31. The Balaban J connectivity index is 1.87. The van der Waals surface area contributed by atoms with Crippen molar-refractivity contribution in [3.63, 3.8) is 0 Å². The molecule has 0 spiro atoms. The molecular formula is C21H27N3O2. The molecule has 0 saturated heterocycles. The van der Waals surface area contributed by atoms with Crippen molar-refractivity contribution in [2.45, 2.75) is 45.6 Å². The van der Waals surface area contributed by atoms with E-state index in [0.29, 0.717) is 11.3 Å². The van der Waals surface area contributed by atoms with Gasteiger partial charge in [-0.1, -0.05) is 31.9 Å². The zero-order valence-corrected chi connectivity index (χ0v) is 15.4. The SMILES string of the molecule is CCCCCc1ccc(N[C@@H](C)C(=O)Nc2ccc(C(N)=O)cc2)cc1. The second kappa shape index (κ2) is 9.61. The van der Waals surface area contributed by atoms with Crippen molar-refractivity contribution in [2.75, 3.05) is 10.6 Å². The molecule has 0 aromatic heterocycles. The van der Waals surface area contributed by atoms with E-state index < -0.39 is 11.9 Å². The molecule has 0 saturated carbocycles. The fourth-order valence-corrected chi connectivity index (χ4v) is 2.63. The minimum Gasteiger partial charge on any atom is -0.374 e. The van der Waals surface area contributed by atoms with Gasteiger partial charge in [0.05, 0.1) is 0 Å². The molecule has 2 amide bonds. The van der Waals surface area contributed by atoms with Crippen LogP contribution in [0.3, 0.4) is 0 Å². The van der Waals surface area contributed by atoms with Crippen LogP contribution in [0.15, 0.2) is 48.5 Å². The molecule has 26 heavy (non-hydrogen) atoms. The van der Waals surface area contributed by atoms with E-state index in [1.807, 2.05) is 19.1 Å². The minimum atomic E-state index is -0.490. The lowest BCUT2D eigenvalue weighted by atomic mass is 10.1. The largest absolute Gasteiger partial charge is 0.374 e. The first-order chi connectivity index (χ1) is 12.5. The van der Waals surface area contributed by atoms with Crippen LogP contribution in [-0.4, -0.2) is 17.9 Å². The maximum absolute atomic E-state index is 12.3. The average Bonchev–Trinajstić information content (AvgIpc) is 2.63. The van der Waals surface area contributed by atoms with Gasteiger partial charge in [-0.15, -0.1) is 0 Å². The van der Waals surface area contributed by atoms with Crippen LogP contribution >= 0.6 is 0 Å². The van der Waals surface area contributed by atoms with Gasteiger partial charge in [0.2, 0.25) is 11.8 Å². The molecule has 138 valence electrons. The summed E-state index contributed by atoms with van der Waals surface area (Å²) >= 11 is 0. The molecule has 2 aromatic carbocycles. The zero-order valence-electron chi connectivity index (χ0n) is 15.4. The van der Waals surface area contributed by atoms with Crippen LogP contribution in [0.25, 0.3) is 0 Å². The molecule has 2 aromatic rings. The molecule has 0 bridgehead atoms. The van der Waals surface area contributed by atoms with Crippen molar-refractivity contribution in [1.29, 1.82) is 0 Å². The number of anilines is 2. The van der Waals surface area contributed by atoms with Crippen LogP contribution in [0, 0.1) is 0 Å². The van der Waals surface area contributed by atoms with Crippen molar-refractivity contribution in [2.24, 2.45) is 5.73 Å². The fourth-order valence-electron chi connectivity index (χ4n) is 2.63. The van der Waals surface area contributed by atoms with Crippen LogP contribution in [0.5, 0.6) is 0 Å². The zero-order chi connectivity index (χ0) is 18.9. The standard InChI is InChI=1S/C21H27N3O2/c1-3-4-5-6-16-7-11-18(12-8-16)23-15(2)21(26)24-19-13-9-17(10-14-19)20(22)25/h7-15,23H,3-6H2,1-2H3,(H2,22,25)(H,24,26)/t15-/m0/s1. The summed E-state index contributed by atoms with van der Waals surface area (Å²) in [6, 6.07) is 14.3. The Bertz CT molecular complexity index is 724. The summed E-state index contributed by atoms with van der Waals surface area (Å²) in [7, 11) is 0. The molecule has 5 nitrogen and oxygen atoms in total. The van der Waals surface area contributed by atoms with Crippen LogP contribution in [0.2, 0.25) is 0 Å². The van der Waals surface area contributed by atoms with Gasteiger partial charge in [-0.05, 0) is 61.7 Å². The van der Waals surface area contributed by atoms with Crippen LogP contribution < -0.4 is 16.4 Å². The van der Waals surface area contributed by atoms with Gasteiger partial charge in [0.1, 0.15) is 6.04 Å². The Morgan fingerprint density at radius 1 is 0.962 bits per heavy atom. The minimum absolute atomic E-state index is 0.149. The number of benzene rings is 2. The summed E-state index contributed by atoms with van der Waals surface area (Å²) in [5, 5.41) is 6.02. The van der Waals surface area contributed by atoms with Gasteiger partial charge in [-0.25, -0.2) is 0 Å². The highest BCUT2D eigenvalue weighted by atomic mass is 16.2. The molecule has 0 aliphatic rings. The van der Waals surface area contributed by atoms with E-state index >= 15 is 0 Å². The maximum Gasteiger partial charge on any atom is 0.248 e. The number of hydrogen-bond donors (Lipinski definition) is 3. The summed E-state index contributed by atoms with van der Waals surface area (Å²) in [6.45, 7) is 4.01. The molecule has 0 unspecified atom stereocenters. The third-order valence-electron chi connectivity index (χ3n) is 4.24. The number of aryl methyl sites for hydroxylation is 1. The summed E-state index contributed by atoms with van der Waals surface area (Å²) < 4.78 is 0. The van der Waals surface area contributed by atoms with Crippen LogP contribution in [-0.2, 0) is 11.2 Å². The third-order valence-corrected chi connectivity index (χ3v) is 4.24. The second-order valence-corrected chi connectivity index (χ2v) is 6.45.